The number of hydrogen-bond acceptors (Lipinski definition) is 5. The van der Waals surface area contributed by atoms with Crippen LogP contribution in [0, 0.1) is 5.92 Å². The molecule has 2 aromatic carbocycles. The Morgan fingerprint density at radius 1 is 1.08 bits per heavy atom. The summed E-state index contributed by atoms with van der Waals surface area (Å²) in [6.45, 7) is 4.27. The summed E-state index contributed by atoms with van der Waals surface area (Å²) in [5.41, 5.74) is 2.65. The van der Waals surface area contributed by atoms with Gasteiger partial charge >= 0.3 is 5.63 Å². The maximum Gasteiger partial charge on any atom is 0.349 e. The van der Waals surface area contributed by atoms with E-state index >= 15 is 0 Å². The number of fused-ring (bicyclic) bond motifs is 2. The fourth-order valence-electron chi connectivity index (χ4n) is 3.37. The molecule has 0 saturated carbocycles. The van der Waals surface area contributed by atoms with Gasteiger partial charge in [-0.1, -0.05) is 18.5 Å². The summed E-state index contributed by atoms with van der Waals surface area (Å²) in [7, 11) is 0. The van der Waals surface area contributed by atoms with E-state index in [4.69, 9.17) is 20.4 Å². The average Bonchev–Trinajstić information content (AvgIpc) is 3.00. The van der Waals surface area contributed by atoms with Crippen molar-refractivity contribution in [2.24, 2.45) is 5.92 Å². The predicted molar refractivity (Wildman–Crippen MR) is 102 cm³/mol. The highest BCUT2D eigenvalue weighted by Gasteiger charge is 2.23. The monoisotopic (exact) mass is 366 g/mol. The molecule has 0 atom stereocenters. The van der Waals surface area contributed by atoms with Gasteiger partial charge in [0.1, 0.15) is 16.7 Å². The molecule has 0 radical (unpaired) electrons. The van der Waals surface area contributed by atoms with Gasteiger partial charge in [0.15, 0.2) is 5.58 Å². The molecule has 0 N–H and O–H groups in total. The SMILES string of the molecule is CC1CN(c2ccc3cc(-c4nc5cc(Cl)ccc5o4)c(=O)oc3c2)C1. The smallest absolute Gasteiger partial charge is 0.349 e. The molecule has 4 aromatic rings. The number of anilines is 1. The third-order valence-corrected chi connectivity index (χ3v) is 4.96. The zero-order valence-corrected chi connectivity index (χ0v) is 14.8. The van der Waals surface area contributed by atoms with Crippen LogP contribution in [0.2, 0.25) is 5.02 Å². The summed E-state index contributed by atoms with van der Waals surface area (Å²) in [6.07, 6.45) is 0. The normalized spacial score (nSPS) is 14.9. The van der Waals surface area contributed by atoms with E-state index < -0.39 is 5.63 Å². The first-order valence-electron chi connectivity index (χ1n) is 8.46. The third kappa shape index (κ3) is 2.47. The molecular weight excluding hydrogens is 352 g/mol. The molecule has 6 heteroatoms. The molecule has 5 rings (SSSR count). The molecule has 1 fully saturated rings. The lowest BCUT2D eigenvalue weighted by Crippen LogP contribution is -2.45. The van der Waals surface area contributed by atoms with Crippen LogP contribution in [0.3, 0.4) is 0 Å². The number of oxazole rings is 1. The van der Waals surface area contributed by atoms with E-state index in [-0.39, 0.29) is 5.89 Å². The second kappa shape index (κ2) is 5.61. The number of halogens is 1. The Hall–Kier alpha value is -2.79. The van der Waals surface area contributed by atoms with Crippen molar-refractivity contribution in [3.63, 3.8) is 0 Å². The molecule has 1 aliphatic rings. The molecule has 0 bridgehead atoms. The number of rotatable bonds is 2. The van der Waals surface area contributed by atoms with Gasteiger partial charge in [-0.25, -0.2) is 9.78 Å². The lowest BCUT2D eigenvalue weighted by molar-refractivity contribution is 0.447. The van der Waals surface area contributed by atoms with Crippen molar-refractivity contribution in [1.82, 2.24) is 4.98 Å². The zero-order chi connectivity index (χ0) is 17.8. The van der Waals surface area contributed by atoms with Crippen molar-refractivity contribution < 1.29 is 8.83 Å². The Kier molecular flexibility index (Phi) is 3.34. The average molecular weight is 367 g/mol. The zero-order valence-electron chi connectivity index (χ0n) is 14.0. The Bertz CT molecular complexity index is 1200. The van der Waals surface area contributed by atoms with E-state index in [1.807, 2.05) is 18.2 Å². The number of benzene rings is 2. The van der Waals surface area contributed by atoms with Gasteiger partial charge in [-0.2, -0.15) is 0 Å². The van der Waals surface area contributed by atoms with Gasteiger partial charge in [-0.3, -0.25) is 0 Å². The van der Waals surface area contributed by atoms with Gasteiger partial charge in [0.05, 0.1) is 0 Å². The van der Waals surface area contributed by atoms with Crippen LogP contribution in [0.25, 0.3) is 33.5 Å². The molecule has 0 spiro atoms. The first kappa shape index (κ1) is 15.5. The van der Waals surface area contributed by atoms with Crippen LogP contribution in [-0.4, -0.2) is 18.1 Å². The molecule has 1 saturated heterocycles. The summed E-state index contributed by atoms with van der Waals surface area (Å²) in [5, 5.41) is 1.40. The van der Waals surface area contributed by atoms with Crippen molar-refractivity contribution >= 4 is 39.4 Å². The van der Waals surface area contributed by atoms with Crippen LogP contribution in [0.15, 0.2) is 56.1 Å². The van der Waals surface area contributed by atoms with Crippen LogP contribution < -0.4 is 10.5 Å². The van der Waals surface area contributed by atoms with Gasteiger partial charge in [0.2, 0.25) is 5.89 Å². The number of nitrogens with zero attached hydrogens (tertiary/aromatic N) is 2. The van der Waals surface area contributed by atoms with Crippen molar-refractivity contribution in [3.8, 4) is 11.5 Å². The number of hydrogen-bond donors (Lipinski definition) is 0. The largest absolute Gasteiger partial charge is 0.436 e. The lowest BCUT2D eigenvalue weighted by atomic mass is 10.0. The quantitative estimate of drug-likeness (QED) is 0.481. The maximum atomic E-state index is 12.5. The van der Waals surface area contributed by atoms with Crippen molar-refractivity contribution in [2.45, 2.75) is 6.92 Å². The lowest BCUT2D eigenvalue weighted by Gasteiger charge is -2.39. The Labute approximate surface area is 153 Å². The Morgan fingerprint density at radius 3 is 2.73 bits per heavy atom. The molecule has 0 amide bonds. The van der Waals surface area contributed by atoms with Crippen LogP contribution in [0.4, 0.5) is 5.69 Å². The second-order valence-corrected chi connectivity index (χ2v) is 7.25. The van der Waals surface area contributed by atoms with Gasteiger partial charge in [-0.15, -0.1) is 0 Å². The van der Waals surface area contributed by atoms with E-state index in [9.17, 15) is 4.79 Å². The minimum Gasteiger partial charge on any atom is -0.436 e. The summed E-state index contributed by atoms with van der Waals surface area (Å²) in [6, 6.07) is 12.8. The van der Waals surface area contributed by atoms with E-state index in [2.05, 4.69) is 16.8 Å². The van der Waals surface area contributed by atoms with Crippen molar-refractivity contribution in [2.75, 3.05) is 18.0 Å². The van der Waals surface area contributed by atoms with E-state index in [1.165, 1.54) is 0 Å². The highest BCUT2D eigenvalue weighted by molar-refractivity contribution is 6.31. The minimum absolute atomic E-state index is 0.235. The summed E-state index contributed by atoms with van der Waals surface area (Å²) >= 11 is 5.98. The first-order valence-corrected chi connectivity index (χ1v) is 8.84. The molecular formula is C20H15ClN2O3. The van der Waals surface area contributed by atoms with Gasteiger partial charge in [0, 0.05) is 35.3 Å². The standard InChI is InChI=1S/C20H15ClN2O3/c1-11-9-23(10-11)14-4-2-12-6-15(20(24)26-18(12)8-14)19-22-16-7-13(21)3-5-17(16)25-19/h2-8,11H,9-10H2,1H3. The van der Waals surface area contributed by atoms with E-state index in [1.54, 1.807) is 24.3 Å². The highest BCUT2D eigenvalue weighted by Crippen LogP contribution is 2.30. The van der Waals surface area contributed by atoms with E-state index in [0.29, 0.717) is 33.2 Å². The summed E-state index contributed by atoms with van der Waals surface area (Å²) in [5.74, 6) is 0.936. The Morgan fingerprint density at radius 2 is 1.92 bits per heavy atom. The van der Waals surface area contributed by atoms with Crippen molar-refractivity contribution in [1.29, 1.82) is 0 Å². The van der Waals surface area contributed by atoms with Crippen LogP contribution in [0.5, 0.6) is 0 Å². The van der Waals surface area contributed by atoms with Crippen LogP contribution in [-0.2, 0) is 0 Å². The molecule has 2 aromatic heterocycles. The minimum atomic E-state index is -0.468. The van der Waals surface area contributed by atoms with E-state index in [0.717, 1.165) is 24.2 Å². The van der Waals surface area contributed by atoms with Crippen molar-refractivity contribution in [3.05, 3.63) is 57.9 Å². The first-order chi connectivity index (χ1) is 12.6. The molecule has 130 valence electrons. The maximum absolute atomic E-state index is 12.5. The van der Waals surface area contributed by atoms with Crippen LogP contribution >= 0.6 is 11.6 Å². The fraction of sp³-hybridized carbons (Fsp3) is 0.200. The van der Waals surface area contributed by atoms with Gasteiger partial charge < -0.3 is 13.7 Å². The fourth-order valence-corrected chi connectivity index (χ4v) is 3.54. The topological polar surface area (TPSA) is 59.5 Å². The predicted octanol–water partition coefficient (Wildman–Crippen LogP) is 4.71. The molecule has 26 heavy (non-hydrogen) atoms. The third-order valence-electron chi connectivity index (χ3n) is 4.73. The Balaban J connectivity index is 1.60. The summed E-state index contributed by atoms with van der Waals surface area (Å²) in [4.78, 5) is 19.1. The molecule has 1 aliphatic heterocycles. The highest BCUT2D eigenvalue weighted by atomic mass is 35.5. The molecule has 3 heterocycles. The molecule has 0 aliphatic carbocycles. The summed E-state index contributed by atoms with van der Waals surface area (Å²) < 4.78 is 11.2. The molecule has 5 nitrogen and oxygen atoms in total. The van der Waals surface area contributed by atoms with Gasteiger partial charge in [0.25, 0.3) is 0 Å². The second-order valence-electron chi connectivity index (χ2n) is 6.81. The molecule has 0 unspecified atom stereocenters. The van der Waals surface area contributed by atoms with Gasteiger partial charge in [-0.05, 0) is 42.3 Å². The van der Waals surface area contributed by atoms with Crippen LogP contribution in [0.1, 0.15) is 6.92 Å². The number of aromatic nitrogens is 1.